The summed E-state index contributed by atoms with van der Waals surface area (Å²) in [6.07, 6.45) is 0.809. The van der Waals surface area contributed by atoms with E-state index in [2.05, 4.69) is 18.8 Å². The Morgan fingerprint density at radius 2 is 1.40 bits per heavy atom. The van der Waals surface area contributed by atoms with Crippen molar-refractivity contribution in [1.82, 2.24) is 0 Å². The van der Waals surface area contributed by atoms with Crippen LogP contribution in [-0.4, -0.2) is 6.61 Å². The van der Waals surface area contributed by atoms with Crippen molar-refractivity contribution in [2.45, 2.75) is 6.42 Å². The van der Waals surface area contributed by atoms with Gasteiger partial charge >= 0.3 is 18.6 Å². The smallest absolute Gasteiger partial charge is 0.557 e. The van der Waals surface area contributed by atoms with E-state index in [1.807, 2.05) is 0 Å². The molecule has 0 saturated heterocycles. The first-order valence-corrected chi connectivity index (χ1v) is 1.58. The van der Waals surface area contributed by atoms with Crippen LogP contribution in [0.5, 0.6) is 0 Å². The molecule has 58 valence electrons. The van der Waals surface area contributed by atoms with Gasteiger partial charge in [-0.05, 0) is 6.61 Å². The normalized spacial score (nSPS) is 4.20. The van der Waals surface area contributed by atoms with Crippen molar-refractivity contribution in [2.24, 2.45) is 0 Å². The molecule has 0 heterocycles. The second-order valence-electron chi connectivity index (χ2n) is 0.762. The molecular weight excluding hydrogens is 280 g/mol. The van der Waals surface area contributed by atoms with Crippen LogP contribution in [-0.2, 0) is 79.0 Å². The van der Waals surface area contributed by atoms with Crippen molar-refractivity contribution in [3.63, 3.8) is 0 Å². The quantitative estimate of drug-likeness (QED) is 0.700. The fourth-order valence-electron chi connectivity index (χ4n) is 0.102. The topological polar surface area (TPSA) is 9.23 Å². The van der Waals surface area contributed by atoms with E-state index in [1.165, 1.54) is 0 Å². The molecule has 0 N–H and O–H groups in total. The number of rotatable bonds is 2. The largest absolute Gasteiger partial charge is 2.00 e. The first kappa shape index (κ1) is 39.6. The van der Waals surface area contributed by atoms with E-state index in [-0.39, 0.29) is 81.6 Å². The summed E-state index contributed by atoms with van der Waals surface area (Å²) in [6.45, 7) is 4.18. The van der Waals surface area contributed by atoms with E-state index in [0.717, 1.165) is 6.42 Å². The van der Waals surface area contributed by atoms with Crippen molar-refractivity contribution < 1.29 is 79.0 Å². The molecule has 0 spiro atoms. The van der Waals surface area contributed by atoms with Gasteiger partial charge in [0.1, 0.15) is 0 Å². The summed E-state index contributed by atoms with van der Waals surface area (Å²) in [5, 5.41) is 0. The van der Waals surface area contributed by atoms with Crippen LogP contribution in [0.1, 0.15) is 6.42 Å². The number of hydrogen-bond acceptors (Lipinski definition) is 1. The van der Waals surface area contributed by atoms with Crippen molar-refractivity contribution in [1.29, 1.82) is 0 Å². The van der Waals surface area contributed by atoms with Crippen LogP contribution in [0.4, 0.5) is 0 Å². The molecule has 0 aliphatic rings. The fourth-order valence-corrected chi connectivity index (χ4v) is 0.102. The predicted molar refractivity (Wildman–Crippen MR) is 27.7 cm³/mol. The summed E-state index contributed by atoms with van der Waals surface area (Å²) in [6, 6.07) is 0. The molecule has 0 fully saturated rings. The van der Waals surface area contributed by atoms with E-state index in [1.54, 1.807) is 0 Å². The van der Waals surface area contributed by atoms with Gasteiger partial charge in [-0.25, -0.2) is 7.11 Å². The van der Waals surface area contributed by atoms with Crippen molar-refractivity contribution in [2.75, 3.05) is 6.61 Å². The van der Waals surface area contributed by atoms with Gasteiger partial charge in [0, 0.05) is 55.7 Å². The molecule has 0 aliphatic heterocycles. The molecule has 0 rings (SSSR count). The minimum atomic E-state index is 0. The summed E-state index contributed by atoms with van der Waals surface area (Å²) in [7, 11) is 3.14. The molecule has 0 atom stereocenters. The van der Waals surface area contributed by atoms with Crippen LogP contribution in [0.25, 0.3) is 0 Å². The van der Waals surface area contributed by atoms with E-state index in [4.69, 9.17) is 0 Å². The van der Waals surface area contributed by atoms with Crippen molar-refractivity contribution in [3.8, 4) is 0 Å². The summed E-state index contributed by atoms with van der Waals surface area (Å²) in [5.74, 6) is 0. The van der Waals surface area contributed by atoms with E-state index < -0.39 is 0 Å². The second-order valence-corrected chi connectivity index (χ2v) is 0.762. The van der Waals surface area contributed by atoms with Crippen LogP contribution in [0.3, 0.4) is 0 Å². The molecule has 10 heavy (non-hydrogen) atoms. The Labute approximate surface area is 112 Å². The van der Waals surface area contributed by atoms with Crippen LogP contribution in [0.2, 0.25) is 0 Å². The average molecular weight is 291 g/mol. The van der Waals surface area contributed by atoms with Crippen molar-refractivity contribution in [3.05, 3.63) is 21.5 Å². The van der Waals surface area contributed by atoms with Crippen LogP contribution >= 0.6 is 0 Å². The molecule has 0 unspecified atom stereocenters. The molecule has 0 aromatic rings. The van der Waals surface area contributed by atoms with Gasteiger partial charge in [-0.2, -0.15) is 6.42 Å². The molecule has 0 saturated carbocycles. The molecule has 0 amide bonds. The van der Waals surface area contributed by atoms with Gasteiger partial charge < -0.3 is 19.1 Å². The molecule has 0 bridgehead atoms. The molecule has 0 aromatic heterocycles. The van der Waals surface area contributed by atoms with E-state index in [0.29, 0.717) is 6.61 Å². The van der Waals surface area contributed by atoms with Crippen LogP contribution < -0.4 is 0 Å². The molecule has 5 heteroatoms. The van der Waals surface area contributed by atoms with Gasteiger partial charge in [-0.3, -0.25) is 0 Å². The predicted octanol–water partition coefficient (Wildman–Crippen LogP) is 1.46. The van der Waals surface area contributed by atoms with Gasteiger partial charge in [0.2, 0.25) is 0 Å². The monoisotopic (exact) mass is 291 g/mol. The Hall–Kier alpha value is 2.30. The first-order chi connectivity index (χ1) is 2.41. The Kier molecular flexibility index (Phi) is 169. The van der Waals surface area contributed by atoms with Crippen LogP contribution in [0.15, 0.2) is 0 Å². The maximum Gasteiger partial charge on any atom is 2.00 e. The SMILES string of the molecule is [CH2-]CCO[CH2-].[CH3-].[V+2].[V].[V].[V]. The number of hydrogen-bond donors (Lipinski definition) is 0. The Bertz CT molecular complexity index is 21.1. The maximum absolute atomic E-state index is 4.38. The summed E-state index contributed by atoms with van der Waals surface area (Å²) in [4.78, 5) is 0. The zero-order chi connectivity index (χ0) is 4.12. The molecule has 4 radical (unpaired) electrons. The third-order valence-corrected chi connectivity index (χ3v) is 0.289. The number of ether oxygens (including phenoxy) is 1. The van der Waals surface area contributed by atoms with E-state index in [9.17, 15) is 0 Å². The molecule has 0 aromatic carbocycles. The maximum atomic E-state index is 4.38. The second kappa shape index (κ2) is 42.7. The minimum Gasteiger partial charge on any atom is -0.557 e. The van der Waals surface area contributed by atoms with Crippen LogP contribution in [0, 0.1) is 21.5 Å². The van der Waals surface area contributed by atoms with Gasteiger partial charge in [0.15, 0.2) is 0 Å². The zero-order valence-corrected chi connectivity index (χ0v) is 11.6. The molecule has 1 nitrogen and oxygen atoms in total. The minimum absolute atomic E-state index is 0. The van der Waals surface area contributed by atoms with Gasteiger partial charge in [0.05, 0.1) is 0 Å². The zero-order valence-electron chi connectivity index (χ0n) is 6.03. The Morgan fingerprint density at radius 3 is 1.40 bits per heavy atom. The van der Waals surface area contributed by atoms with Crippen molar-refractivity contribution >= 4 is 0 Å². The molecular formula is C5H11OV4-. The summed E-state index contributed by atoms with van der Waals surface area (Å²) < 4.78 is 4.38. The summed E-state index contributed by atoms with van der Waals surface area (Å²) in [5.41, 5.74) is 0. The summed E-state index contributed by atoms with van der Waals surface area (Å²) >= 11 is 0. The average Bonchev–Trinajstić information content (AvgIpc) is 1.41. The first-order valence-electron chi connectivity index (χ1n) is 1.58. The van der Waals surface area contributed by atoms with Gasteiger partial charge in [-0.15, -0.1) is 0 Å². The van der Waals surface area contributed by atoms with Gasteiger partial charge in [-0.1, -0.05) is 0 Å². The van der Waals surface area contributed by atoms with E-state index >= 15 is 0 Å². The third-order valence-electron chi connectivity index (χ3n) is 0.289. The van der Waals surface area contributed by atoms with Gasteiger partial charge in [0.25, 0.3) is 0 Å². The molecule has 0 aliphatic carbocycles. The Morgan fingerprint density at radius 1 is 1.10 bits per heavy atom. The fraction of sp³-hybridized carbons (Fsp3) is 0.400. The Balaban J connectivity index is -0.00000000800. The third kappa shape index (κ3) is 48.2. The standard InChI is InChI=1S/C4H8O.CH3.4V/c1-3-4-5-2;;;;;/h1-4H2;1H3;;;;/q-2;-1;;;;+2.